The molecule has 0 unspecified atom stereocenters. The number of aromatic nitrogens is 1. The summed E-state index contributed by atoms with van der Waals surface area (Å²) in [5.41, 5.74) is 8.24. The minimum atomic E-state index is -0.606. The molecule has 0 aliphatic heterocycles. The Hall–Kier alpha value is -2.93. The number of anilines is 1. The number of thiazole rings is 1. The van der Waals surface area contributed by atoms with Gasteiger partial charge in [-0.05, 0) is 37.6 Å². The van der Waals surface area contributed by atoms with E-state index in [1.165, 1.54) is 4.90 Å². The predicted octanol–water partition coefficient (Wildman–Crippen LogP) is 3.56. The van der Waals surface area contributed by atoms with Crippen LogP contribution in [0, 0.1) is 6.92 Å². The molecule has 6 nitrogen and oxygen atoms in total. The third-order valence-corrected chi connectivity index (χ3v) is 5.72. The van der Waals surface area contributed by atoms with Crippen LogP contribution in [0.3, 0.4) is 0 Å². The Morgan fingerprint density at radius 1 is 1.22 bits per heavy atom. The van der Waals surface area contributed by atoms with E-state index in [4.69, 9.17) is 10.5 Å². The first kappa shape index (κ1) is 18.8. The number of carbonyl (C=O) groups is 2. The second-order valence-electron chi connectivity index (χ2n) is 6.31. The van der Waals surface area contributed by atoms with Crippen LogP contribution >= 0.6 is 11.3 Å². The highest BCUT2D eigenvalue weighted by Gasteiger charge is 2.22. The van der Waals surface area contributed by atoms with E-state index in [0.717, 1.165) is 20.8 Å². The Bertz CT molecular complexity index is 966. The maximum absolute atomic E-state index is 12.5. The fourth-order valence-corrected chi connectivity index (χ4v) is 3.68. The van der Waals surface area contributed by atoms with Gasteiger partial charge in [-0.15, -0.1) is 11.3 Å². The fourth-order valence-electron chi connectivity index (χ4n) is 2.62. The summed E-state index contributed by atoms with van der Waals surface area (Å²) in [7, 11) is 1.67. The third-order valence-electron chi connectivity index (χ3n) is 4.51. The lowest BCUT2D eigenvalue weighted by atomic mass is 10.1. The number of nitrogens with two attached hydrogens (primary N) is 1. The summed E-state index contributed by atoms with van der Waals surface area (Å²) in [4.78, 5) is 30.8. The molecule has 1 atom stereocenters. The van der Waals surface area contributed by atoms with Gasteiger partial charge in [-0.1, -0.05) is 24.3 Å². The van der Waals surface area contributed by atoms with Crippen LogP contribution < -0.4 is 5.73 Å². The van der Waals surface area contributed by atoms with Gasteiger partial charge in [0.05, 0.1) is 21.8 Å². The van der Waals surface area contributed by atoms with Crippen LogP contribution in [0.5, 0.6) is 0 Å². The fraction of sp³-hybridized carbons (Fsp3) is 0.250. The summed E-state index contributed by atoms with van der Waals surface area (Å²) >= 11 is 1.55. The number of rotatable bonds is 5. The first-order chi connectivity index (χ1) is 12.9. The number of carbonyl (C=O) groups excluding carboxylic acids is 2. The highest BCUT2D eigenvalue weighted by molar-refractivity contribution is 7.18. The molecule has 0 saturated heterocycles. The van der Waals surface area contributed by atoms with Crippen LogP contribution in [-0.2, 0) is 9.53 Å². The number of esters is 1. The van der Waals surface area contributed by atoms with E-state index < -0.39 is 5.97 Å². The summed E-state index contributed by atoms with van der Waals surface area (Å²) in [6.07, 6.45) is 0. The van der Waals surface area contributed by atoms with E-state index in [1.807, 2.05) is 44.2 Å². The quantitative estimate of drug-likeness (QED) is 0.538. The molecule has 7 heteroatoms. The van der Waals surface area contributed by atoms with Gasteiger partial charge < -0.3 is 15.4 Å². The molecular formula is C20H21N3O3S. The number of ether oxygens (including phenoxy) is 1. The van der Waals surface area contributed by atoms with Crippen molar-refractivity contribution in [2.24, 2.45) is 0 Å². The van der Waals surface area contributed by atoms with E-state index in [2.05, 4.69) is 4.98 Å². The zero-order valence-electron chi connectivity index (χ0n) is 15.4. The van der Waals surface area contributed by atoms with Gasteiger partial charge in [0.15, 0.2) is 6.61 Å². The molecule has 2 aromatic carbocycles. The molecule has 0 fully saturated rings. The van der Waals surface area contributed by atoms with Gasteiger partial charge in [0.2, 0.25) is 0 Å². The standard InChI is InChI=1S/C20H21N3O3S/c1-12-7-6-8-14(18(12)21)20(25)26-11-17(24)23(3)13(2)19-22-15-9-4-5-10-16(15)27-19/h4-10,13H,11,21H2,1-3H3/t13-/m0/s1. The minimum Gasteiger partial charge on any atom is -0.452 e. The van der Waals surface area contributed by atoms with Crippen molar-refractivity contribution in [1.29, 1.82) is 0 Å². The zero-order chi connectivity index (χ0) is 19.6. The van der Waals surface area contributed by atoms with E-state index in [1.54, 1.807) is 30.5 Å². The Morgan fingerprint density at radius 2 is 1.96 bits per heavy atom. The maximum atomic E-state index is 12.5. The van der Waals surface area contributed by atoms with Gasteiger partial charge in [-0.2, -0.15) is 0 Å². The average molecular weight is 383 g/mol. The molecule has 2 N–H and O–H groups in total. The SMILES string of the molecule is Cc1cccc(C(=O)OCC(=O)N(C)[C@@H](C)c2nc3ccccc3s2)c1N. The smallest absolute Gasteiger partial charge is 0.340 e. The molecule has 1 heterocycles. The lowest BCUT2D eigenvalue weighted by molar-refractivity contribution is -0.135. The lowest BCUT2D eigenvalue weighted by Crippen LogP contribution is -2.33. The van der Waals surface area contributed by atoms with Crippen molar-refractivity contribution in [2.45, 2.75) is 19.9 Å². The molecule has 0 saturated carbocycles. The molecule has 0 aliphatic rings. The summed E-state index contributed by atoms with van der Waals surface area (Å²) in [6.45, 7) is 3.36. The van der Waals surface area contributed by atoms with Gasteiger partial charge >= 0.3 is 5.97 Å². The summed E-state index contributed by atoms with van der Waals surface area (Å²) in [5.74, 6) is -0.910. The van der Waals surface area contributed by atoms with Crippen LogP contribution in [-0.4, -0.2) is 35.4 Å². The first-order valence-electron chi connectivity index (χ1n) is 8.52. The van der Waals surface area contributed by atoms with Crippen molar-refractivity contribution < 1.29 is 14.3 Å². The van der Waals surface area contributed by atoms with Crippen molar-refractivity contribution in [3.8, 4) is 0 Å². The van der Waals surface area contributed by atoms with Crippen molar-refractivity contribution in [3.63, 3.8) is 0 Å². The minimum absolute atomic E-state index is 0.224. The molecule has 140 valence electrons. The number of amides is 1. The van der Waals surface area contributed by atoms with Crippen LogP contribution in [0.25, 0.3) is 10.2 Å². The molecule has 1 amide bonds. The molecule has 0 bridgehead atoms. The third kappa shape index (κ3) is 3.93. The normalized spacial score (nSPS) is 12.0. The monoisotopic (exact) mass is 383 g/mol. The Kier molecular flexibility index (Phi) is 5.41. The van der Waals surface area contributed by atoms with Gasteiger partial charge in [-0.25, -0.2) is 9.78 Å². The largest absolute Gasteiger partial charge is 0.452 e. The molecule has 3 aromatic rings. The summed E-state index contributed by atoms with van der Waals surface area (Å²) < 4.78 is 6.24. The van der Waals surface area contributed by atoms with Crippen LogP contribution in [0.2, 0.25) is 0 Å². The van der Waals surface area contributed by atoms with Crippen LogP contribution in [0.4, 0.5) is 5.69 Å². The maximum Gasteiger partial charge on any atom is 0.340 e. The highest BCUT2D eigenvalue weighted by atomic mass is 32.1. The van der Waals surface area contributed by atoms with Crippen LogP contribution in [0.15, 0.2) is 42.5 Å². The van der Waals surface area contributed by atoms with E-state index in [0.29, 0.717) is 5.69 Å². The van der Waals surface area contributed by atoms with E-state index in [-0.39, 0.29) is 24.1 Å². The number of hydrogen-bond acceptors (Lipinski definition) is 6. The van der Waals surface area contributed by atoms with Crippen molar-refractivity contribution >= 4 is 39.1 Å². The molecule has 0 radical (unpaired) electrons. The van der Waals surface area contributed by atoms with E-state index in [9.17, 15) is 9.59 Å². The lowest BCUT2D eigenvalue weighted by Gasteiger charge is -2.23. The number of nitrogens with zero attached hydrogens (tertiary/aromatic N) is 2. The molecule has 0 spiro atoms. The van der Waals surface area contributed by atoms with Crippen LogP contribution in [0.1, 0.15) is 33.9 Å². The second kappa shape index (κ2) is 7.75. The highest BCUT2D eigenvalue weighted by Crippen LogP contribution is 2.28. The average Bonchev–Trinajstić information content (AvgIpc) is 3.11. The number of para-hydroxylation sites is 2. The van der Waals surface area contributed by atoms with Crippen molar-refractivity contribution in [3.05, 3.63) is 58.6 Å². The number of nitrogen functional groups attached to an aromatic ring is 1. The number of hydrogen-bond donors (Lipinski definition) is 1. The number of likely N-dealkylation sites (N-methyl/N-ethyl adjacent to an activating group) is 1. The number of aryl methyl sites for hydroxylation is 1. The number of fused-ring (bicyclic) bond motifs is 1. The molecular weight excluding hydrogens is 362 g/mol. The Balaban J connectivity index is 1.64. The zero-order valence-corrected chi connectivity index (χ0v) is 16.2. The number of benzene rings is 2. The first-order valence-corrected chi connectivity index (χ1v) is 9.33. The molecule has 3 rings (SSSR count). The van der Waals surface area contributed by atoms with Gasteiger partial charge in [-0.3, -0.25) is 4.79 Å². The van der Waals surface area contributed by atoms with Crippen molar-refractivity contribution in [1.82, 2.24) is 9.88 Å². The molecule has 27 heavy (non-hydrogen) atoms. The van der Waals surface area contributed by atoms with Crippen molar-refractivity contribution in [2.75, 3.05) is 19.4 Å². The second-order valence-corrected chi connectivity index (χ2v) is 7.37. The van der Waals surface area contributed by atoms with Gasteiger partial charge in [0, 0.05) is 12.7 Å². The summed E-state index contributed by atoms with van der Waals surface area (Å²) in [6, 6.07) is 12.7. The Morgan fingerprint density at radius 3 is 2.70 bits per heavy atom. The van der Waals surface area contributed by atoms with Gasteiger partial charge in [0.25, 0.3) is 5.91 Å². The Labute approximate surface area is 161 Å². The summed E-state index contributed by atoms with van der Waals surface area (Å²) in [5, 5.41) is 0.835. The van der Waals surface area contributed by atoms with E-state index >= 15 is 0 Å². The molecule has 1 aromatic heterocycles. The molecule has 0 aliphatic carbocycles. The van der Waals surface area contributed by atoms with Gasteiger partial charge in [0.1, 0.15) is 5.01 Å². The predicted molar refractivity (Wildman–Crippen MR) is 107 cm³/mol. The topological polar surface area (TPSA) is 85.5 Å².